The summed E-state index contributed by atoms with van der Waals surface area (Å²) in [7, 11) is 0. The van der Waals surface area contributed by atoms with E-state index in [4.69, 9.17) is 0 Å². The maximum Gasteiger partial charge on any atom is 0.223 e. The first-order chi connectivity index (χ1) is 16.7. The van der Waals surface area contributed by atoms with Crippen LogP contribution in [-0.2, 0) is 29.7 Å². The van der Waals surface area contributed by atoms with E-state index in [9.17, 15) is 15.0 Å². The first-order valence-corrected chi connectivity index (χ1v) is 13.2. The van der Waals surface area contributed by atoms with Gasteiger partial charge < -0.3 is 20.4 Å². The van der Waals surface area contributed by atoms with Gasteiger partial charge in [0.05, 0.1) is 6.61 Å². The van der Waals surface area contributed by atoms with Gasteiger partial charge in [-0.25, -0.2) is 0 Å². The average molecular weight is 479 g/mol. The zero-order chi connectivity index (χ0) is 25.2. The predicted octanol–water partition coefficient (Wildman–Crippen LogP) is 4.43. The third-order valence-electron chi connectivity index (χ3n) is 8.71. The summed E-state index contributed by atoms with van der Waals surface area (Å²) >= 11 is 0. The molecule has 1 amide bonds. The van der Waals surface area contributed by atoms with E-state index in [1.165, 1.54) is 16.7 Å². The van der Waals surface area contributed by atoms with Gasteiger partial charge in [0.2, 0.25) is 5.91 Å². The molecule has 0 spiro atoms. The number of aryl methyl sites for hydroxylation is 1. The van der Waals surface area contributed by atoms with Crippen LogP contribution in [0.3, 0.4) is 0 Å². The number of amides is 1. The van der Waals surface area contributed by atoms with E-state index < -0.39 is 0 Å². The van der Waals surface area contributed by atoms with E-state index in [1.54, 1.807) is 6.07 Å². The zero-order valence-electron chi connectivity index (χ0n) is 21.8. The number of likely N-dealkylation sites (tertiary alicyclic amines) is 1. The van der Waals surface area contributed by atoms with Gasteiger partial charge in [-0.2, -0.15) is 0 Å². The monoisotopic (exact) mass is 478 g/mol. The Hall–Kier alpha value is -2.37. The molecule has 0 unspecified atom stereocenters. The van der Waals surface area contributed by atoms with Crippen LogP contribution in [0.15, 0.2) is 42.5 Å². The van der Waals surface area contributed by atoms with Crippen molar-refractivity contribution in [3.8, 4) is 5.75 Å². The van der Waals surface area contributed by atoms with Crippen molar-refractivity contribution in [2.75, 3.05) is 19.6 Å². The fourth-order valence-electron chi connectivity index (χ4n) is 5.91. The van der Waals surface area contributed by atoms with Crippen molar-refractivity contribution < 1.29 is 15.0 Å². The average Bonchev–Trinajstić information content (AvgIpc) is 2.85. The third kappa shape index (κ3) is 5.73. The number of benzene rings is 2. The van der Waals surface area contributed by atoms with Gasteiger partial charge >= 0.3 is 0 Å². The number of aromatic hydroxyl groups is 1. The normalized spacial score (nSPS) is 25.8. The Morgan fingerprint density at radius 2 is 2.00 bits per heavy atom. The van der Waals surface area contributed by atoms with E-state index in [1.807, 2.05) is 18.2 Å². The number of hydrogen-bond donors (Lipinski definition) is 3. The molecule has 5 heteroatoms. The molecule has 1 aliphatic carbocycles. The number of rotatable bonds is 7. The summed E-state index contributed by atoms with van der Waals surface area (Å²) in [6.07, 6.45) is 3.57. The van der Waals surface area contributed by atoms with Crippen molar-refractivity contribution in [1.29, 1.82) is 0 Å². The van der Waals surface area contributed by atoms with Crippen molar-refractivity contribution in [1.82, 2.24) is 10.2 Å². The lowest BCUT2D eigenvalue weighted by Gasteiger charge is -2.46. The molecule has 2 aromatic carbocycles. The second-order valence-electron chi connectivity index (χ2n) is 11.4. The van der Waals surface area contributed by atoms with Crippen molar-refractivity contribution >= 4 is 5.91 Å². The minimum absolute atomic E-state index is 0.0121. The summed E-state index contributed by atoms with van der Waals surface area (Å²) in [6.45, 7) is 11.9. The number of phenols is 1. The Kier molecular flexibility index (Phi) is 7.87. The van der Waals surface area contributed by atoms with Gasteiger partial charge in [-0.3, -0.25) is 4.79 Å². The number of nitrogens with one attached hydrogen (secondary N) is 1. The fourth-order valence-corrected chi connectivity index (χ4v) is 5.91. The molecule has 0 radical (unpaired) electrons. The van der Waals surface area contributed by atoms with Crippen LogP contribution in [0.25, 0.3) is 0 Å². The molecule has 4 atom stereocenters. The van der Waals surface area contributed by atoms with Gasteiger partial charge in [0.25, 0.3) is 0 Å². The predicted molar refractivity (Wildman–Crippen MR) is 140 cm³/mol. The molecule has 4 rings (SSSR count). The highest BCUT2D eigenvalue weighted by atomic mass is 16.3. The van der Waals surface area contributed by atoms with Gasteiger partial charge in [0.15, 0.2) is 0 Å². The lowest BCUT2D eigenvalue weighted by atomic mass is 9.68. The van der Waals surface area contributed by atoms with Crippen molar-refractivity contribution in [3.05, 3.63) is 64.7 Å². The number of fused-ring (bicyclic) bond motifs is 1. The van der Waals surface area contributed by atoms with E-state index in [0.717, 1.165) is 50.9 Å². The summed E-state index contributed by atoms with van der Waals surface area (Å²) < 4.78 is 0. The number of carbonyl (C=O) groups is 1. The molecule has 2 aromatic rings. The molecule has 0 aromatic heterocycles. The lowest BCUT2D eigenvalue weighted by molar-refractivity contribution is -0.126. The van der Waals surface area contributed by atoms with Gasteiger partial charge in [0, 0.05) is 25.0 Å². The van der Waals surface area contributed by atoms with Crippen molar-refractivity contribution in [3.63, 3.8) is 0 Å². The second kappa shape index (κ2) is 10.7. The number of nitrogens with zero attached hydrogens (tertiary/aromatic N) is 1. The highest BCUT2D eigenvalue weighted by Crippen LogP contribution is 2.40. The van der Waals surface area contributed by atoms with Crippen LogP contribution < -0.4 is 5.32 Å². The second-order valence-corrected chi connectivity index (χ2v) is 11.4. The molecule has 1 saturated heterocycles. The molecule has 1 aliphatic heterocycles. The largest absolute Gasteiger partial charge is 0.508 e. The first kappa shape index (κ1) is 25.7. The molecule has 2 aliphatic rings. The zero-order valence-corrected chi connectivity index (χ0v) is 21.8. The number of phenolic OH excluding ortho intramolecular Hbond substituents is 1. The first-order valence-electron chi connectivity index (χ1n) is 13.2. The fraction of sp³-hybridized carbons (Fsp3) is 0.567. The van der Waals surface area contributed by atoms with Crippen LogP contribution in [0.5, 0.6) is 5.75 Å². The number of piperidine rings is 1. The Morgan fingerprint density at radius 3 is 2.69 bits per heavy atom. The molecule has 0 saturated carbocycles. The quantitative estimate of drug-likeness (QED) is 0.551. The molecular formula is C30H42N2O3. The Balaban J connectivity index is 1.36. The molecule has 5 nitrogen and oxygen atoms in total. The van der Waals surface area contributed by atoms with Crippen molar-refractivity contribution in [2.45, 2.75) is 71.4 Å². The van der Waals surface area contributed by atoms with E-state index in [0.29, 0.717) is 17.6 Å². The van der Waals surface area contributed by atoms with Gasteiger partial charge in [0.1, 0.15) is 5.75 Å². The minimum Gasteiger partial charge on any atom is -0.508 e. The Bertz CT molecular complexity index is 1040. The van der Waals surface area contributed by atoms with Gasteiger partial charge in [-0.05, 0) is 83.9 Å². The summed E-state index contributed by atoms with van der Waals surface area (Å²) in [5.74, 6) is 1.32. The molecule has 190 valence electrons. The molecule has 3 N–H and O–H groups in total. The van der Waals surface area contributed by atoms with Gasteiger partial charge in [-0.15, -0.1) is 0 Å². The third-order valence-corrected chi connectivity index (χ3v) is 8.71. The smallest absolute Gasteiger partial charge is 0.223 e. The Labute approximate surface area is 210 Å². The maximum atomic E-state index is 13.3. The number of carbonyl (C=O) groups excluding carboxylic acids is 1. The summed E-state index contributed by atoms with van der Waals surface area (Å²) in [6, 6.07) is 14.0. The van der Waals surface area contributed by atoms with E-state index >= 15 is 0 Å². The lowest BCUT2D eigenvalue weighted by Crippen LogP contribution is -2.54. The maximum absolute atomic E-state index is 13.3. The number of aliphatic hydroxyl groups excluding tert-OH is 1. The number of hydrogen-bond acceptors (Lipinski definition) is 4. The Morgan fingerprint density at radius 1 is 1.20 bits per heavy atom. The molecule has 0 bridgehead atoms. The standard InChI is InChI=1S/C30H42N2O3/c1-20(2)28(31-29(35)25-11-10-23-14-22(19-33)8-9-24(23)15-25)18-32-13-12-30(4,21(3)17-32)26-6-5-7-27(34)16-26/h5-9,14,16,20-21,25,28,33-34H,10-13,15,17-19H2,1-4H3,(H,31,35)/t21-,25+,28+,30+/m0/s1. The topological polar surface area (TPSA) is 72.8 Å². The van der Waals surface area contributed by atoms with E-state index in [2.05, 4.69) is 56.1 Å². The SMILES string of the molecule is CC(C)[C@@H](CN1CC[C@@](C)(c2cccc(O)c2)[C@@H](C)C1)NC(=O)[C@@H]1CCc2cc(CO)ccc2C1. The molecule has 1 fully saturated rings. The van der Waals surface area contributed by atoms with Crippen LogP contribution in [0, 0.1) is 17.8 Å². The minimum atomic E-state index is 0.0121. The number of aliphatic hydroxyl groups is 1. The molecule has 35 heavy (non-hydrogen) atoms. The highest BCUT2D eigenvalue weighted by Gasteiger charge is 2.39. The van der Waals surface area contributed by atoms with E-state index in [-0.39, 0.29) is 29.9 Å². The van der Waals surface area contributed by atoms with Crippen LogP contribution in [-0.4, -0.2) is 46.7 Å². The van der Waals surface area contributed by atoms with Crippen LogP contribution >= 0.6 is 0 Å². The summed E-state index contributed by atoms with van der Waals surface area (Å²) in [4.78, 5) is 15.8. The van der Waals surface area contributed by atoms with Crippen molar-refractivity contribution in [2.24, 2.45) is 17.8 Å². The molecule has 1 heterocycles. The van der Waals surface area contributed by atoms with Crippen LogP contribution in [0.2, 0.25) is 0 Å². The van der Waals surface area contributed by atoms with Crippen LogP contribution in [0.1, 0.15) is 62.8 Å². The van der Waals surface area contributed by atoms with Crippen LogP contribution in [0.4, 0.5) is 0 Å². The van der Waals surface area contributed by atoms with Gasteiger partial charge in [-0.1, -0.05) is 58.0 Å². The summed E-state index contributed by atoms with van der Waals surface area (Å²) in [5.41, 5.74) is 4.71. The molecular weight excluding hydrogens is 436 g/mol. The highest BCUT2D eigenvalue weighted by molar-refractivity contribution is 5.79. The summed E-state index contributed by atoms with van der Waals surface area (Å²) in [5, 5.41) is 22.8.